The smallest absolute Gasteiger partial charge is 0.119 e. The molecule has 0 aliphatic heterocycles. The van der Waals surface area contributed by atoms with Gasteiger partial charge in [0.15, 0.2) is 0 Å². The first-order valence-electron chi connectivity index (χ1n) is 9.42. The van der Waals surface area contributed by atoms with Crippen molar-refractivity contribution < 1.29 is 4.74 Å². The highest BCUT2D eigenvalue weighted by Gasteiger charge is 2.12. The van der Waals surface area contributed by atoms with Crippen LogP contribution in [-0.2, 0) is 0 Å². The minimum Gasteiger partial charge on any atom is -0.494 e. The lowest BCUT2D eigenvalue weighted by atomic mass is 10.1. The Bertz CT molecular complexity index is 998. The fraction of sp³-hybridized carbons (Fsp3) is 0.250. The van der Waals surface area contributed by atoms with Crippen molar-refractivity contribution in [2.45, 2.75) is 33.6 Å². The summed E-state index contributed by atoms with van der Waals surface area (Å²) in [5.74, 6) is 0.940. The molecule has 0 bridgehead atoms. The zero-order chi connectivity index (χ0) is 18.1. The highest BCUT2D eigenvalue weighted by Crippen LogP contribution is 2.33. The SMILES string of the molecule is CCCCOc1ccc(-n2c3cc(C)ccc3c3ccc(C)cc32)cc1. The lowest BCUT2D eigenvalue weighted by Gasteiger charge is -2.10. The summed E-state index contributed by atoms with van der Waals surface area (Å²) in [5.41, 5.74) is 6.23. The number of fused-ring (bicyclic) bond motifs is 3. The average molecular weight is 343 g/mol. The first-order chi connectivity index (χ1) is 12.7. The third kappa shape index (κ3) is 2.96. The molecule has 0 atom stereocenters. The van der Waals surface area contributed by atoms with Gasteiger partial charge in [0, 0.05) is 16.5 Å². The number of ether oxygens (including phenoxy) is 1. The van der Waals surface area contributed by atoms with Crippen LogP contribution < -0.4 is 4.74 Å². The minimum absolute atomic E-state index is 0.781. The van der Waals surface area contributed by atoms with E-state index in [9.17, 15) is 0 Å². The van der Waals surface area contributed by atoms with Gasteiger partial charge in [-0.3, -0.25) is 0 Å². The molecule has 3 aromatic carbocycles. The molecule has 1 heterocycles. The number of hydrogen-bond donors (Lipinski definition) is 0. The van der Waals surface area contributed by atoms with Crippen LogP contribution >= 0.6 is 0 Å². The average Bonchev–Trinajstić information content (AvgIpc) is 2.95. The van der Waals surface area contributed by atoms with Crippen LogP contribution in [0.1, 0.15) is 30.9 Å². The van der Waals surface area contributed by atoms with E-state index in [1.54, 1.807) is 0 Å². The van der Waals surface area contributed by atoms with Gasteiger partial charge in [0.25, 0.3) is 0 Å². The molecule has 0 spiro atoms. The van der Waals surface area contributed by atoms with Crippen molar-refractivity contribution >= 4 is 21.8 Å². The largest absolute Gasteiger partial charge is 0.494 e. The predicted octanol–water partition coefficient (Wildman–Crippen LogP) is 6.58. The summed E-state index contributed by atoms with van der Waals surface area (Å²) in [6, 6.07) is 21.9. The zero-order valence-electron chi connectivity index (χ0n) is 15.8. The van der Waals surface area contributed by atoms with E-state index in [-0.39, 0.29) is 0 Å². The normalized spacial score (nSPS) is 11.3. The van der Waals surface area contributed by atoms with Crippen LogP contribution in [0.5, 0.6) is 5.75 Å². The monoisotopic (exact) mass is 343 g/mol. The number of aromatic nitrogens is 1. The molecule has 0 aliphatic carbocycles. The Labute approximate surface area is 155 Å². The summed E-state index contributed by atoms with van der Waals surface area (Å²) in [6.45, 7) is 7.26. The van der Waals surface area contributed by atoms with Crippen molar-refractivity contribution in [1.82, 2.24) is 4.57 Å². The van der Waals surface area contributed by atoms with Gasteiger partial charge in [0.2, 0.25) is 0 Å². The Hall–Kier alpha value is -2.74. The first kappa shape index (κ1) is 16.7. The first-order valence-corrected chi connectivity index (χ1v) is 9.42. The number of aryl methyl sites for hydroxylation is 2. The van der Waals surface area contributed by atoms with E-state index in [0.29, 0.717) is 0 Å². The van der Waals surface area contributed by atoms with Crippen LogP contribution in [0.15, 0.2) is 60.7 Å². The van der Waals surface area contributed by atoms with Gasteiger partial charge in [-0.15, -0.1) is 0 Å². The molecule has 0 radical (unpaired) electrons. The van der Waals surface area contributed by atoms with E-state index in [1.807, 2.05) is 0 Å². The van der Waals surface area contributed by atoms with Crippen molar-refractivity contribution in [1.29, 1.82) is 0 Å². The van der Waals surface area contributed by atoms with Gasteiger partial charge in [-0.1, -0.05) is 37.6 Å². The molecular formula is C24H25NO. The van der Waals surface area contributed by atoms with E-state index in [1.165, 1.54) is 38.6 Å². The Balaban J connectivity index is 1.86. The number of benzene rings is 3. The number of rotatable bonds is 5. The van der Waals surface area contributed by atoms with Crippen molar-refractivity contribution in [3.63, 3.8) is 0 Å². The molecule has 1 aromatic heterocycles. The van der Waals surface area contributed by atoms with Gasteiger partial charge in [-0.05, 0) is 67.8 Å². The molecule has 0 unspecified atom stereocenters. The zero-order valence-corrected chi connectivity index (χ0v) is 15.8. The molecule has 2 heteroatoms. The summed E-state index contributed by atoms with van der Waals surface area (Å²) in [6.07, 6.45) is 2.24. The van der Waals surface area contributed by atoms with Gasteiger partial charge in [0.1, 0.15) is 5.75 Å². The van der Waals surface area contributed by atoms with Crippen molar-refractivity contribution in [3.05, 3.63) is 71.8 Å². The Morgan fingerprint density at radius 1 is 0.769 bits per heavy atom. The van der Waals surface area contributed by atoms with E-state index >= 15 is 0 Å². The van der Waals surface area contributed by atoms with Crippen LogP contribution in [0.3, 0.4) is 0 Å². The molecule has 0 aliphatic rings. The number of nitrogens with zero attached hydrogens (tertiary/aromatic N) is 1. The molecule has 4 aromatic rings. The lowest BCUT2D eigenvalue weighted by molar-refractivity contribution is 0.309. The van der Waals surface area contributed by atoms with Gasteiger partial charge in [-0.25, -0.2) is 0 Å². The van der Waals surface area contributed by atoms with Crippen molar-refractivity contribution in [3.8, 4) is 11.4 Å². The number of unbranched alkanes of at least 4 members (excludes halogenated alkanes) is 1. The van der Waals surface area contributed by atoms with Gasteiger partial charge in [0.05, 0.1) is 17.6 Å². The highest BCUT2D eigenvalue weighted by atomic mass is 16.5. The van der Waals surface area contributed by atoms with Crippen LogP contribution in [-0.4, -0.2) is 11.2 Å². The predicted molar refractivity (Wildman–Crippen MR) is 111 cm³/mol. The minimum atomic E-state index is 0.781. The molecule has 0 amide bonds. The van der Waals surface area contributed by atoms with E-state index in [2.05, 4.69) is 86.0 Å². The number of hydrogen-bond acceptors (Lipinski definition) is 1. The second-order valence-electron chi connectivity index (χ2n) is 7.07. The molecule has 2 nitrogen and oxygen atoms in total. The van der Waals surface area contributed by atoms with Gasteiger partial charge < -0.3 is 9.30 Å². The third-order valence-electron chi connectivity index (χ3n) is 4.94. The van der Waals surface area contributed by atoms with Crippen LogP contribution in [0, 0.1) is 13.8 Å². The Morgan fingerprint density at radius 2 is 1.35 bits per heavy atom. The highest BCUT2D eigenvalue weighted by molar-refractivity contribution is 6.09. The third-order valence-corrected chi connectivity index (χ3v) is 4.94. The molecule has 0 saturated heterocycles. The lowest BCUT2D eigenvalue weighted by Crippen LogP contribution is -1.98. The summed E-state index contributed by atoms with van der Waals surface area (Å²) in [5, 5.41) is 2.60. The summed E-state index contributed by atoms with van der Waals surface area (Å²) in [7, 11) is 0. The van der Waals surface area contributed by atoms with Crippen LogP contribution in [0.4, 0.5) is 0 Å². The fourth-order valence-electron chi connectivity index (χ4n) is 3.54. The van der Waals surface area contributed by atoms with E-state index in [0.717, 1.165) is 25.2 Å². The molecule has 132 valence electrons. The Morgan fingerprint density at radius 3 is 1.88 bits per heavy atom. The molecule has 0 N–H and O–H groups in total. The molecule has 0 fully saturated rings. The van der Waals surface area contributed by atoms with E-state index in [4.69, 9.17) is 4.74 Å². The Kier molecular flexibility index (Phi) is 4.42. The van der Waals surface area contributed by atoms with Gasteiger partial charge in [-0.2, -0.15) is 0 Å². The molecule has 0 saturated carbocycles. The summed E-state index contributed by atoms with van der Waals surface area (Å²) in [4.78, 5) is 0. The van der Waals surface area contributed by atoms with Crippen LogP contribution in [0.25, 0.3) is 27.5 Å². The summed E-state index contributed by atoms with van der Waals surface area (Å²) < 4.78 is 8.18. The van der Waals surface area contributed by atoms with Crippen molar-refractivity contribution in [2.75, 3.05) is 6.61 Å². The maximum atomic E-state index is 5.82. The molecular weight excluding hydrogens is 318 g/mol. The summed E-state index contributed by atoms with van der Waals surface area (Å²) >= 11 is 0. The molecule has 4 rings (SSSR count). The van der Waals surface area contributed by atoms with Gasteiger partial charge >= 0.3 is 0 Å². The maximum absolute atomic E-state index is 5.82. The molecule has 26 heavy (non-hydrogen) atoms. The quantitative estimate of drug-likeness (QED) is 0.373. The van der Waals surface area contributed by atoms with Crippen LogP contribution in [0.2, 0.25) is 0 Å². The second kappa shape index (κ2) is 6.87. The van der Waals surface area contributed by atoms with E-state index < -0.39 is 0 Å². The van der Waals surface area contributed by atoms with Crippen molar-refractivity contribution in [2.24, 2.45) is 0 Å². The fourth-order valence-corrected chi connectivity index (χ4v) is 3.54. The maximum Gasteiger partial charge on any atom is 0.119 e. The second-order valence-corrected chi connectivity index (χ2v) is 7.07. The topological polar surface area (TPSA) is 14.2 Å². The standard InChI is InChI=1S/C24H25NO/c1-4-5-14-26-20-10-8-19(9-11-20)25-23-15-17(2)6-12-21(23)22-13-7-18(3)16-24(22)25/h6-13,15-16H,4-5,14H2,1-3H3.